The Morgan fingerprint density at radius 2 is 1.81 bits per heavy atom. The zero-order valence-corrected chi connectivity index (χ0v) is 18.2. The van der Waals surface area contributed by atoms with Gasteiger partial charge in [0.1, 0.15) is 11.2 Å². The van der Waals surface area contributed by atoms with Crippen LogP contribution in [0.2, 0.25) is 0 Å². The van der Waals surface area contributed by atoms with Crippen LogP contribution < -0.4 is 10.2 Å². The van der Waals surface area contributed by atoms with E-state index in [4.69, 9.17) is 0 Å². The number of anilines is 2. The molecule has 3 aromatic rings. The molecule has 31 heavy (non-hydrogen) atoms. The van der Waals surface area contributed by atoms with Crippen LogP contribution in [0.5, 0.6) is 0 Å². The van der Waals surface area contributed by atoms with E-state index in [-0.39, 0.29) is 23.0 Å². The second-order valence-corrected chi connectivity index (χ2v) is 8.51. The summed E-state index contributed by atoms with van der Waals surface area (Å²) in [7, 11) is 0. The molecule has 0 spiro atoms. The Labute approximate surface area is 185 Å². The summed E-state index contributed by atoms with van der Waals surface area (Å²) in [6.07, 6.45) is 0.928. The van der Waals surface area contributed by atoms with E-state index in [1.54, 1.807) is 24.0 Å². The summed E-state index contributed by atoms with van der Waals surface area (Å²) in [6, 6.07) is 19.8. The molecule has 1 aliphatic rings. The molecular weight excluding hydrogens is 411 g/mol. The highest BCUT2D eigenvalue weighted by molar-refractivity contribution is 8.00. The van der Waals surface area contributed by atoms with Crippen molar-refractivity contribution in [2.45, 2.75) is 25.6 Å². The number of hydrogen-bond acceptors (Lipinski definition) is 3. The first kappa shape index (κ1) is 21.1. The molecule has 0 aromatic heterocycles. The molecule has 158 valence electrons. The highest BCUT2D eigenvalue weighted by Gasteiger charge is 2.35. The number of hydrogen-bond donors (Lipinski definition) is 1. The highest BCUT2D eigenvalue weighted by atomic mass is 32.2. The second kappa shape index (κ2) is 8.94. The molecule has 0 unspecified atom stereocenters. The molecule has 1 fully saturated rings. The predicted molar refractivity (Wildman–Crippen MR) is 124 cm³/mol. The SMILES string of the molecule is CCc1ccc(C(=O)Nc2ccc([C@@H]3SCC(=O)N3c3cccc(F)c3C)cc2)cc1. The summed E-state index contributed by atoms with van der Waals surface area (Å²) in [4.78, 5) is 26.7. The molecule has 1 atom stereocenters. The van der Waals surface area contributed by atoms with Crippen LogP contribution in [0, 0.1) is 12.7 Å². The van der Waals surface area contributed by atoms with Crippen molar-refractivity contribution in [1.29, 1.82) is 0 Å². The fourth-order valence-electron chi connectivity index (χ4n) is 3.61. The minimum Gasteiger partial charge on any atom is -0.322 e. The van der Waals surface area contributed by atoms with Gasteiger partial charge in [0.25, 0.3) is 5.91 Å². The minimum absolute atomic E-state index is 0.0448. The van der Waals surface area contributed by atoms with Crippen molar-refractivity contribution in [3.8, 4) is 0 Å². The lowest BCUT2D eigenvalue weighted by atomic mass is 10.1. The van der Waals surface area contributed by atoms with Crippen LogP contribution in [0.15, 0.2) is 66.7 Å². The van der Waals surface area contributed by atoms with Crippen molar-refractivity contribution in [3.63, 3.8) is 0 Å². The quantitative estimate of drug-likeness (QED) is 0.558. The van der Waals surface area contributed by atoms with Gasteiger partial charge in [0.05, 0.1) is 11.4 Å². The Morgan fingerprint density at radius 1 is 1.10 bits per heavy atom. The number of halogens is 1. The van der Waals surface area contributed by atoms with Gasteiger partial charge in [-0.1, -0.05) is 37.3 Å². The van der Waals surface area contributed by atoms with Crippen LogP contribution in [-0.2, 0) is 11.2 Å². The lowest BCUT2D eigenvalue weighted by molar-refractivity contribution is -0.115. The van der Waals surface area contributed by atoms with Crippen LogP contribution >= 0.6 is 11.8 Å². The van der Waals surface area contributed by atoms with Gasteiger partial charge in [0.2, 0.25) is 5.91 Å². The first-order valence-corrected chi connectivity index (χ1v) is 11.2. The smallest absolute Gasteiger partial charge is 0.255 e. The first-order valence-electron chi connectivity index (χ1n) is 10.2. The Bertz CT molecular complexity index is 1110. The molecule has 0 radical (unpaired) electrons. The van der Waals surface area contributed by atoms with E-state index < -0.39 is 0 Å². The summed E-state index contributed by atoms with van der Waals surface area (Å²) in [6.45, 7) is 3.76. The molecule has 4 rings (SSSR count). The van der Waals surface area contributed by atoms with Gasteiger partial charge in [0.15, 0.2) is 0 Å². The van der Waals surface area contributed by atoms with Gasteiger partial charge in [-0.15, -0.1) is 11.8 Å². The minimum atomic E-state index is -0.328. The summed E-state index contributed by atoms with van der Waals surface area (Å²) >= 11 is 1.51. The molecule has 1 heterocycles. The van der Waals surface area contributed by atoms with E-state index in [1.807, 2.05) is 48.5 Å². The molecule has 0 aliphatic carbocycles. The van der Waals surface area contributed by atoms with Crippen LogP contribution in [0.25, 0.3) is 0 Å². The third kappa shape index (κ3) is 4.35. The van der Waals surface area contributed by atoms with E-state index in [1.165, 1.54) is 23.4 Å². The molecule has 6 heteroatoms. The van der Waals surface area contributed by atoms with Gasteiger partial charge < -0.3 is 5.32 Å². The topological polar surface area (TPSA) is 49.4 Å². The standard InChI is InChI=1S/C25H23FN2O2S/c1-3-17-7-9-18(10-8-17)24(30)27-20-13-11-19(12-14-20)25-28(23(29)15-31-25)22-6-4-5-21(26)16(22)2/h4-14,25H,3,15H2,1-2H3,(H,27,30)/t25-/m0/s1. The van der Waals surface area contributed by atoms with Crippen LogP contribution in [-0.4, -0.2) is 17.6 Å². The van der Waals surface area contributed by atoms with Crippen LogP contribution in [0.3, 0.4) is 0 Å². The lowest BCUT2D eigenvalue weighted by Crippen LogP contribution is -2.28. The van der Waals surface area contributed by atoms with Crippen molar-refractivity contribution in [1.82, 2.24) is 0 Å². The molecule has 2 amide bonds. The maximum atomic E-state index is 14.1. The maximum absolute atomic E-state index is 14.1. The monoisotopic (exact) mass is 434 g/mol. The number of carbonyl (C=O) groups is 2. The van der Waals surface area contributed by atoms with Crippen LogP contribution in [0.1, 0.15) is 39.3 Å². The molecular formula is C25H23FN2O2S. The lowest BCUT2D eigenvalue weighted by Gasteiger charge is -2.26. The van der Waals surface area contributed by atoms with Gasteiger partial charge in [-0.05, 0) is 60.9 Å². The normalized spacial score (nSPS) is 15.9. The van der Waals surface area contributed by atoms with E-state index in [0.717, 1.165) is 12.0 Å². The Morgan fingerprint density at radius 3 is 2.48 bits per heavy atom. The number of rotatable bonds is 5. The molecule has 1 aliphatic heterocycles. The highest BCUT2D eigenvalue weighted by Crippen LogP contribution is 2.43. The largest absolute Gasteiger partial charge is 0.322 e. The van der Waals surface area contributed by atoms with Gasteiger partial charge in [-0.2, -0.15) is 0 Å². The van der Waals surface area contributed by atoms with Crippen molar-refractivity contribution < 1.29 is 14.0 Å². The molecule has 0 bridgehead atoms. The summed E-state index contributed by atoms with van der Waals surface area (Å²) in [5.41, 5.74) is 4.43. The number of benzene rings is 3. The van der Waals surface area contributed by atoms with E-state index in [2.05, 4.69) is 12.2 Å². The van der Waals surface area contributed by atoms with Crippen LogP contribution in [0.4, 0.5) is 15.8 Å². The third-order valence-electron chi connectivity index (χ3n) is 5.44. The van der Waals surface area contributed by atoms with Crippen molar-refractivity contribution in [2.24, 2.45) is 0 Å². The fourth-order valence-corrected chi connectivity index (χ4v) is 4.78. The number of thioether (sulfide) groups is 1. The Balaban J connectivity index is 1.52. The average Bonchev–Trinajstić information content (AvgIpc) is 3.17. The van der Waals surface area contributed by atoms with Crippen molar-refractivity contribution in [3.05, 3.63) is 94.8 Å². The summed E-state index contributed by atoms with van der Waals surface area (Å²) in [5, 5.41) is 2.67. The maximum Gasteiger partial charge on any atom is 0.255 e. The van der Waals surface area contributed by atoms with E-state index in [9.17, 15) is 14.0 Å². The van der Waals surface area contributed by atoms with E-state index in [0.29, 0.717) is 28.3 Å². The molecule has 3 aromatic carbocycles. The van der Waals surface area contributed by atoms with Crippen molar-refractivity contribution >= 4 is 35.0 Å². The molecule has 1 saturated heterocycles. The van der Waals surface area contributed by atoms with Gasteiger partial charge >= 0.3 is 0 Å². The zero-order valence-electron chi connectivity index (χ0n) is 17.4. The molecule has 1 N–H and O–H groups in total. The van der Waals surface area contributed by atoms with Gasteiger partial charge in [-0.3, -0.25) is 14.5 Å². The first-order chi connectivity index (χ1) is 15.0. The number of nitrogens with zero attached hydrogens (tertiary/aromatic N) is 1. The predicted octanol–water partition coefficient (Wildman–Crippen LogP) is 5.73. The number of aryl methyl sites for hydroxylation is 1. The molecule has 4 nitrogen and oxygen atoms in total. The second-order valence-electron chi connectivity index (χ2n) is 7.44. The Hall–Kier alpha value is -3.12. The number of carbonyl (C=O) groups excluding carboxylic acids is 2. The summed E-state index contributed by atoms with van der Waals surface area (Å²) in [5.74, 6) is -0.201. The van der Waals surface area contributed by atoms with Crippen molar-refractivity contribution in [2.75, 3.05) is 16.0 Å². The number of nitrogens with one attached hydrogen (secondary N) is 1. The Kier molecular flexibility index (Phi) is 6.09. The number of amides is 2. The third-order valence-corrected chi connectivity index (χ3v) is 6.66. The zero-order chi connectivity index (χ0) is 22.0. The average molecular weight is 435 g/mol. The fraction of sp³-hybridized carbons (Fsp3) is 0.200. The van der Waals surface area contributed by atoms with E-state index >= 15 is 0 Å². The van der Waals surface area contributed by atoms with Gasteiger partial charge in [-0.25, -0.2) is 4.39 Å². The van der Waals surface area contributed by atoms with Gasteiger partial charge in [0, 0.05) is 16.8 Å². The molecule has 0 saturated carbocycles. The summed E-state index contributed by atoms with van der Waals surface area (Å²) < 4.78 is 14.1.